The standard InChI is InChI=1S/C15H21NO.CH4O/c1-2-6-14(7-3-1)12-16-10-11-17-15(13-16)8-4-5-9-15;1-2/h1-3,6-7H,4-5,8-13H2;2H,1H3. The topological polar surface area (TPSA) is 32.7 Å². The van der Waals surface area contributed by atoms with Crippen LogP contribution in [0.4, 0.5) is 0 Å². The Balaban J connectivity index is 0.000000637. The Hall–Kier alpha value is -0.900. The van der Waals surface area contributed by atoms with Crippen molar-refractivity contribution in [1.29, 1.82) is 0 Å². The minimum Gasteiger partial charge on any atom is -0.400 e. The largest absolute Gasteiger partial charge is 0.400 e. The third-order valence-corrected chi connectivity index (χ3v) is 4.09. The minimum absolute atomic E-state index is 0.201. The van der Waals surface area contributed by atoms with Gasteiger partial charge in [-0.05, 0) is 18.4 Å². The molecular formula is C16H25NO2. The highest BCUT2D eigenvalue weighted by molar-refractivity contribution is 5.14. The van der Waals surface area contributed by atoms with Gasteiger partial charge in [0, 0.05) is 26.7 Å². The molecule has 106 valence electrons. The smallest absolute Gasteiger partial charge is 0.0809 e. The second-order valence-corrected chi connectivity index (χ2v) is 5.43. The molecule has 0 radical (unpaired) electrons. The lowest BCUT2D eigenvalue weighted by atomic mass is 9.99. The quantitative estimate of drug-likeness (QED) is 0.889. The van der Waals surface area contributed by atoms with Crippen LogP contribution in [0.25, 0.3) is 0 Å². The van der Waals surface area contributed by atoms with Crippen LogP contribution in [-0.4, -0.2) is 42.4 Å². The maximum atomic E-state index is 7.00. The molecule has 19 heavy (non-hydrogen) atoms. The summed E-state index contributed by atoms with van der Waals surface area (Å²) in [5.41, 5.74) is 1.62. The van der Waals surface area contributed by atoms with Gasteiger partial charge in [-0.2, -0.15) is 0 Å². The maximum Gasteiger partial charge on any atom is 0.0809 e. The lowest BCUT2D eigenvalue weighted by Gasteiger charge is -2.40. The second kappa shape index (κ2) is 7.04. The van der Waals surface area contributed by atoms with E-state index in [2.05, 4.69) is 35.2 Å². The maximum absolute atomic E-state index is 7.00. The van der Waals surface area contributed by atoms with E-state index in [1.165, 1.54) is 31.2 Å². The zero-order chi connectivity index (χ0) is 13.6. The van der Waals surface area contributed by atoms with E-state index in [1.54, 1.807) is 0 Å². The van der Waals surface area contributed by atoms with Crippen molar-refractivity contribution in [1.82, 2.24) is 4.90 Å². The third kappa shape index (κ3) is 3.78. The number of hydrogen-bond acceptors (Lipinski definition) is 3. The van der Waals surface area contributed by atoms with Crippen molar-refractivity contribution in [2.24, 2.45) is 0 Å². The summed E-state index contributed by atoms with van der Waals surface area (Å²) in [6.07, 6.45) is 5.22. The van der Waals surface area contributed by atoms with Crippen LogP contribution in [0.1, 0.15) is 31.2 Å². The summed E-state index contributed by atoms with van der Waals surface area (Å²) in [5, 5.41) is 7.00. The molecule has 1 heterocycles. The van der Waals surface area contributed by atoms with Crippen molar-refractivity contribution in [2.75, 3.05) is 26.8 Å². The third-order valence-electron chi connectivity index (χ3n) is 4.09. The molecule has 0 amide bonds. The van der Waals surface area contributed by atoms with Gasteiger partial charge in [0.05, 0.1) is 12.2 Å². The molecule has 3 rings (SSSR count). The summed E-state index contributed by atoms with van der Waals surface area (Å²) in [6.45, 7) is 4.19. The minimum atomic E-state index is 0.201. The van der Waals surface area contributed by atoms with Crippen LogP contribution in [0.3, 0.4) is 0 Å². The molecule has 2 aliphatic rings. The molecule has 3 nitrogen and oxygen atoms in total. The fraction of sp³-hybridized carbons (Fsp3) is 0.625. The normalized spacial score (nSPS) is 22.0. The molecule has 1 aliphatic carbocycles. The van der Waals surface area contributed by atoms with E-state index in [0.717, 1.165) is 33.4 Å². The fourth-order valence-corrected chi connectivity index (χ4v) is 3.22. The van der Waals surface area contributed by atoms with Crippen molar-refractivity contribution in [3.8, 4) is 0 Å². The number of nitrogens with zero attached hydrogens (tertiary/aromatic N) is 1. The molecule has 0 atom stereocenters. The Labute approximate surface area is 116 Å². The molecule has 0 aromatic heterocycles. The van der Waals surface area contributed by atoms with Crippen molar-refractivity contribution < 1.29 is 9.84 Å². The highest BCUT2D eigenvalue weighted by Gasteiger charge is 2.38. The van der Waals surface area contributed by atoms with E-state index >= 15 is 0 Å². The second-order valence-electron chi connectivity index (χ2n) is 5.43. The Kier molecular flexibility index (Phi) is 5.37. The monoisotopic (exact) mass is 263 g/mol. The lowest BCUT2D eigenvalue weighted by molar-refractivity contribution is -0.107. The molecule has 1 aromatic rings. The molecule has 1 aliphatic heterocycles. The van der Waals surface area contributed by atoms with E-state index in [-0.39, 0.29) is 5.60 Å². The van der Waals surface area contributed by atoms with Gasteiger partial charge in [0.15, 0.2) is 0 Å². The van der Waals surface area contributed by atoms with Crippen LogP contribution in [0.2, 0.25) is 0 Å². The first kappa shape index (κ1) is 14.5. The highest BCUT2D eigenvalue weighted by Crippen LogP contribution is 2.36. The average molecular weight is 263 g/mol. The van der Waals surface area contributed by atoms with E-state index in [1.807, 2.05) is 0 Å². The summed E-state index contributed by atoms with van der Waals surface area (Å²) < 4.78 is 6.05. The Bertz CT molecular complexity index is 360. The molecule has 1 spiro atoms. The van der Waals surface area contributed by atoms with Crippen LogP contribution in [-0.2, 0) is 11.3 Å². The Morgan fingerprint density at radius 3 is 2.53 bits per heavy atom. The number of rotatable bonds is 2. The van der Waals surface area contributed by atoms with Crippen molar-refractivity contribution in [3.63, 3.8) is 0 Å². The number of morpholine rings is 1. The molecule has 2 fully saturated rings. The lowest BCUT2D eigenvalue weighted by Crippen LogP contribution is -2.49. The predicted molar refractivity (Wildman–Crippen MR) is 77.0 cm³/mol. The number of benzene rings is 1. The van der Waals surface area contributed by atoms with E-state index in [0.29, 0.717) is 0 Å². The van der Waals surface area contributed by atoms with E-state index in [9.17, 15) is 0 Å². The first-order valence-corrected chi connectivity index (χ1v) is 7.21. The molecular weight excluding hydrogens is 238 g/mol. The SMILES string of the molecule is CO.c1ccc(CN2CCOC3(CCCC3)C2)cc1. The van der Waals surface area contributed by atoms with Gasteiger partial charge < -0.3 is 9.84 Å². The van der Waals surface area contributed by atoms with Crippen molar-refractivity contribution in [3.05, 3.63) is 35.9 Å². The number of ether oxygens (including phenoxy) is 1. The van der Waals surface area contributed by atoms with Crippen molar-refractivity contribution >= 4 is 0 Å². The van der Waals surface area contributed by atoms with Crippen LogP contribution in [0, 0.1) is 0 Å². The summed E-state index contributed by atoms with van der Waals surface area (Å²) in [6, 6.07) is 10.8. The Morgan fingerprint density at radius 1 is 1.16 bits per heavy atom. The van der Waals surface area contributed by atoms with Gasteiger partial charge in [-0.3, -0.25) is 4.90 Å². The molecule has 1 saturated heterocycles. The van der Waals surface area contributed by atoms with Crippen LogP contribution >= 0.6 is 0 Å². The molecule has 1 N–H and O–H groups in total. The van der Waals surface area contributed by atoms with Gasteiger partial charge in [0.2, 0.25) is 0 Å². The number of aliphatic hydroxyl groups excluding tert-OH is 1. The summed E-state index contributed by atoms with van der Waals surface area (Å²) in [7, 11) is 1.00. The average Bonchev–Trinajstić information content (AvgIpc) is 2.90. The van der Waals surface area contributed by atoms with Gasteiger partial charge in [-0.25, -0.2) is 0 Å². The zero-order valence-electron chi connectivity index (χ0n) is 11.8. The summed E-state index contributed by atoms with van der Waals surface area (Å²) >= 11 is 0. The molecule has 0 unspecified atom stereocenters. The molecule has 1 aromatic carbocycles. The van der Waals surface area contributed by atoms with Crippen molar-refractivity contribution in [2.45, 2.75) is 37.8 Å². The summed E-state index contributed by atoms with van der Waals surface area (Å²) in [4.78, 5) is 2.56. The van der Waals surface area contributed by atoms with Crippen LogP contribution in [0.5, 0.6) is 0 Å². The van der Waals surface area contributed by atoms with E-state index < -0.39 is 0 Å². The number of aliphatic hydroxyl groups is 1. The molecule has 3 heteroatoms. The van der Waals surface area contributed by atoms with Gasteiger partial charge in [-0.1, -0.05) is 43.2 Å². The van der Waals surface area contributed by atoms with E-state index in [4.69, 9.17) is 9.84 Å². The number of hydrogen-bond donors (Lipinski definition) is 1. The Morgan fingerprint density at radius 2 is 1.84 bits per heavy atom. The van der Waals surface area contributed by atoms with Crippen LogP contribution < -0.4 is 0 Å². The first-order valence-electron chi connectivity index (χ1n) is 7.21. The first-order chi connectivity index (χ1) is 9.36. The van der Waals surface area contributed by atoms with Gasteiger partial charge in [0.25, 0.3) is 0 Å². The van der Waals surface area contributed by atoms with Gasteiger partial charge in [0.1, 0.15) is 0 Å². The zero-order valence-corrected chi connectivity index (χ0v) is 11.8. The predicted octanol–water partition coefficient (Wildman–Crippen LogP) is 2.44. The molecule has 0 bridgehead atoms. The van der Waals surface area contributed by atoms with Crippen LogP contribution in [0.15, 0.2) is 30.3 Å². The molecule has 1 saturated carbocycles. The fourth-order valence-electron chi connectivity index (χ4n) is 3.22. The van der Waals surface area contributed by atoms with Gasteiger partial charge in [-0.15, -0.1) is 0 Å². The summed E-state index contributed by atoms with van der Waals surface area (Å²) in [5.74, 6) is 0. The van der Waals surface area contributed by atoms with Gasteiger partial charge >= 0.3 is 0 Å². The highest BCUT2D eigenvalue weighted by atomic mass is 16.5.